The van der Waals surface area contributed by atoms with Crippen LogP contribution in [-0.2, 0) is 26.1 Å². The van der Waals surface area contributed by atoms with Gasteiger partial charge in [0.1, 0.15) is 23.3 Å². The number of aromatic nitrogens is 3. The molecule has 7 rings (SSSR count). The molecule has 4 fully saturated rings. The van der Waals surface area contributed by atoms with Crippen molar-refractivity contribution in [3.05, 3.63) is 17.4 Å². The van der Waals surface area contributed by atoms with Crippen molar-refractivity contribution >= 4 is 17.7 Å². The van der Waals surface area contributed by atoms with Crippen molar-refractivity contribution < 1.29 is 28.3 Å². The Bertz CT molecular complexity index is 1460. The Kier molecular flexibility index (Phi) is 8.24. The highest BCUT2D eigenvalue weighted by molar-refractivity contribution is 5.91. The van der Waals surface area contributed by atoms with E-state index < -0.39 is 11.0 Å². The van der Waals surface area contributed by atoms with E-state index in [4.69, 9.17) is 28.7 Å². The molecule has 5 heterocycles. The number of morpholine rings is 1. The first-order chi connectivity index (χ1) is 22.0. The molecule has 46 heavy (non-hydrogen) atoms. The maximum absolute atomic E-state index is 13.3. The quantitative estimate of drug-likeness (QED) is 0.460. The molecule has 1 spiro atoms. The molecule has 2 unspecified atom stereocenters. The Morgan fingerprint density at radius 1 is 1.07 bits per heavy atom. The summed E-state index contributed by atoms with van der Waals surface area (Å²) in [4.78, 5) is 42.9. The number of amides is 1. The summed E-state index contributed by atoms with van der Waals surface area (Å²) in [5, 5.41) is 4.55. The van der Waals surface area contributed by atoms with Crippen LogP contribution < -0.4 is 9.64 Å². The minimum Gasteiger partial charge on any atom is -0.473 e. The number of hydrogen-bond donors (Lipinski definition) is 0. The molecule has 1 saturated carbocycles. The van der Waals surface area contributed by atoms with E-state index in [1.54, 1.807) is 0 Å². The van der Waals surface area contributed by atoms with Crippen molar-refractivity contribution in [3.8, 4) is 17.4 Å². The van der Waals surface area contributed by atoms with Crippen LogP contribution in [0.2, 0.25) is 0 Å². The molecule has 0 aromatic carbocycles. The molecule has 3 aliphatic heterocycles. The summed E-state index contributed by atoms with van der Waals surface area (Å²) >= 11 is 0. The molecule has 3 saturated heterocycles. The lowest BCUT2D eigenvalue weighted by molar-refractivity contribution is -0.128. The van der Waals surface area contributed by atoms with Crippen LogP contribution in [0.5, 0.6) is 5.88 Å². The molecular weight excluding hydrogens is 588 g/mol. The van der Waals surface area contributed by atoms with Gasteiger partial charge in [-0.05, 0) is 86.2 Å². The zero-order valence-corrected chi connectivity index (χ0v) is 27.9. The molecule has 1 amide bonds. The van der Waals surface area contributed by atoms with E-state index >= 15 is 0 Å². The van der Waals surface area contributed by atoms with E-state index in [9.17, 15) is 9.59 Å². The van der Waals surface area contributed by atoms with Crippen LogP contribution in [0.3, 0.4) is 0 Å². The highest BCUT2D eigenvalue weighted by atomic mass is 16.6. The van der Waals surface area contributed by atoms with Gasteiger partial charge in [-0.15, -0.1) is 0 Å². The van der Waals surface area contributed by atoms with Gasteiger partial charge < -0.3 is 23.6 Å². The van der Waals surface area contributed by atoms with E-state index in [0.29, 0.717) is 67.7 Å². The Morgan fingerprint density at radius 2 is 1.83 bits per heavy atom. The van der Waals surface area contributed by atoms with Gasteiger partial charge >= 0.3 is 6.09 Å². The Balaban J connectivity index is 1.23. The summed E-state index contributed by atoms with van der Waals surface area (Å²) in [5.74, 6) is 2.63. The molecule has 2 aliphatic carbocycles. The van der Waals surface area contributed by atoms with Gasteiger partial charge in [0.2, 0.25) is 5.88 Å². The first-order valence-corrected chi connectivity index (χ1v) is 17.1. The molecular formula is C34H48N6O6. The second kappa shape index (κ2) is 12.1. The highest BCUT2D eigenvalue weighted by Gasteiger charge is 2.49. The number of piperazine rings is 1. The van der Waals surface area contributed by atoms with Crippen LogP contribution in [0.4, 0.5) is 10.6 Å². The van der Waals surface area contributed by atoms with Gasteiger partial charge in [0, 0.05) is 37.2 Å². The number of likely N-dealkylation sites (tertiary alicyclic amines) is 1. The number of hydrogen-bond acceptors (Lipinski definition) is 11. The molecule has 2 aromatic rings. The van der Waals surface area contributed by atoms with Gasteiger partial charge in [0.25, 0.3) is 0 Å². The Labute approximate surface area is 271 Å². The van der Waals surface area contributed by atoms with Crippen LogP contribution in [-0.4, -0.2) is 107 Å². The van der Waals surface area contributed by atoms with E-state index in [2.05, 4.69) is 28.9 Å². The van der Waals surface area contributed by atoms with E-state index in [0.717, 1.165) is 63.5 Å². The van der Waals surface area contributed by atoms with Gasteiger partial charge in [-0.3, -0.25) is 14.6 Å². The standard InChI is InChI=1S/C34H48N6O6/c1-21(25-11-9-15-38(25)5)44-28-16-27(39-17-22-19-43-20-23(18-39)40(22)32(42)45-33(2,3)4)35-31(36-28)29-24-10-8-14-34(30(24)46-37-29)13-7-6-12-26(34)41/h16,21-23,25H,6-15,17-20H2,1-5H3/t21-,22?,23?,25-,34+/m0/s1. The molecule has 12 heteroatoms. The minimum atomic E-state index is -0.585. The number of nitrogens with zero attached hydrogens (tertiary/aromatic N) is 6. The number of likely N-dealkylation sites (N-methyl/N-ethyl adjacent to an activating group) is 1. The molecule has 5 aliphatic rings. The van der Waals surface area contributed by atoms with Gasteiger partial charge in [0.15, 0.2) is 17.3 Å². The molecule has 2 bridgehead atoms. The molecule has 250 valence electrons. The predicted octanol–water partition coefficient (Wildman–Crippen LogP) is 4.53. The van der Waals surface area contributed by atoms with Crippen molar-refractivity contribution in [2.45, 2.75) is 121 Å². The summed E-state index contributed by atoms with van der Waals surface area (Å²) in [5.41, 5.74) is 0.387. The summed E-state index contributed by atoms with van der Waals surface area (Å²) < 4.78 is 24.3. The number of fused-ring (bicyclic) bond motifs is 4. The zero-order chi connectivity index (χ0) is 32.2. The van der Waals surface area contributed by atoms with Crippen molar-refractivity contribution in [1.29, 1.82) is 0 Å². The van der Waals surface area contributed by atoms with Crippen molar-refractivity contribution in [1.82, 2.24) is 24.9 Å². The van der Waals surface area contributed by atoms with Crippen LogP contribution in [0.25, 0.3) is 11.5 Å². The Morgan fingerprint density at radius 3 is 2.52 bits per heavy atom. The fourth-order valence-corrected chi connectivity index (χ4v) is 8.37. The highest BCUT2D eigenvalue weighted by Crippen LogP contribution is 2.47. The van der Waals surface area contributed by atoms with Crippen molar-refractivity contribution in [3.63, 3.8) is 0 Å². The van der Waals surface area contributed by atoms with Crippen LogP contribution >= 0.6 is 0 Å². The molecule has 5 atom stereocenters. The maximum atomic E-state index is 13.3. The molecule has 0 radical (unpaired) electrons. The lowest BCUT2D eigenvalue weighted by Gasteiger charge is -2.49. The third-order valence-electron chi connectivity index (χ3n) is 10.6. The fourth-order valence-electron chi connectivity index (χ4n) is 8.37. The average Bonchev–Trinajstić information content (AvgIpc) is 3.64. The third kappa shape index (κ3) is 5.76. The van der Waals surface area contributed by atoms with Crippen molar-refractivity contribution in [2.24, 2.45) is 0 Å². The number of ketones is 1. The summed E-state index contributed by atoms with van der Waals surface area (Å²) in [6.45, 7) is 10.7. The van der Waals surface area contributed by atoms with Crippen LogP contribution in [0, 0.1) is 0 Å². The number of carbonyl (C=O) groups excluding carboxylic acids is 2. The Hall–Kier alpha value is -3.25. The molecule has 12 nitrogen and oxygen atoms in total. The zero-order valence-electron chi connectivity index (χ0n) is 27.9. The average molecular weight is 637 g/mol. The maximum Gasteiger partial charge on any atom is 0.411 e. The smallest absolute Gasteiger partial charge is 0.411 e. The van der Waals surface area contributed by atoms with Crippen LogP contribution in [0.15, 0.2) is 10.6 Å². The SMILES string of the molecule is C[C@H](Oc1cc(N2CC3COCC(C2)N3C(=O)OC(C)(C)C)nc(-c2noc3c2CCC[C@@]32CCCCC2=O)n1)[C@@H]1CCCN1C. The van der Waals surface area contributed by atoms with Gasteiger partial charge in [-0.25, -0.2) is 9.78 Å². The first-order valence-electron chi connectivity index (χ1n) is 17.1. The van der Waals surface area contributed by atoms with Gasteiger partial charge in [-0.1, -0.05) is 11.6 Å². The minimum absolute atomic E-state index is 0.0748. The first kappa shape index (κ1) is 31.4. The topological polar surface area (TPSA) is 123 Å². The lowest BCUT2D eigenvalue weighted by atomic mass is 9.64. The number of ether oxygens (including phenoxy) is 3. The second-order valence-electron chi connectivity index (χ2n) is 14.9. The largest absolute Gasteiger partial charge is 0.473 e. The van der Waals surface area contributed by atoms with Gasteiger partial charge in [-0.2, -0.15) is 4.98 Å². The fraction of sp³-hybridized carbons (Fsp3) is 0.735. The van der Waals surface area contributed by atoms with E-state index in [1.807, 2.05) is 31.7 Å². The summed E-state index contributed by atoms with van der Waals surface area (Å²) in [6, 6.07) is 1.84. The number of rotatable bonds is 5. The van der Waals surface area contributed by atoms with Crippen LogP contribution in [0.1, 0.15) is 90.4 Å². The number of anilines is 1. The summed E-state index contributed by atoms with van der Waals surface area (Å²) in [7, 11) is 2.14. The normalized spacial score (nSPS) is 29.2. The van der Waals surface area contributed by atoms with E-state index in [1.165, 1.54) is 0 Å². The number of Topliss-reactive ketones (excluding diaryl/α,β-unsaturated/α-hetero) is 1. The molecule has 0 N–H and O–H groups in total. The van der Waals surface area contributed by atoms with Crippen molar-refractivity contribution in [2.75, 3.05) is 44.8 Å². The second-order valence-corrected chi connectivity index (χ2v) is 14.9. The third-order valence-corrected chi connectivity index (χ3v) is 10.6. The van der Waals surface area contributed by atoms with Gasteiger partial charge in [0.05, 0.1) is 30.7 Å². The lowest BCUT2D eigenvalue weighted by Crippen LogP contribution is -2.66. The number of carbonyl (C=O) groups is 2. The molecule has 2 aromatic heterocycles. The summed E-state index contributed by atoms with van der Waals surface area (Å²) in [6.07, 6.45) is 7.66. The van der Waals surface area contributed by atoms with E-state index in [-0.39, 0.29) is 30.1 Å². The predicted molar refractivity (Wildman–Crippen MR) is 170 cm³/mol. The monoisotopic (exact) mass is 636 g/mol.